The maximum Gasteiger partial charge on any atom is 0.339 e. The van der Waals surface area contributed by atoms with E-state index < -0.39 is 23.5 Å². The lowest BCUT2D eigenvalue weighted by molar-refractivity contribution is -0.143. The summed E-state index contributed by atoms with van der Waals surface area (Å²) in [5.74, 6) is -0.914. The molecule has 0 saturated heterocycles. The minimum absolute atomic E-state index is 0.0142. The molecule has 182 valence electrons. The normalized spacial score (nSPS) is 13.1. The lowest BCUT2D eigenvalue weighted by Gasteiger charge is -2.20. The summed E-state index contributed by atoms with van der Waals surface area (Å²) in [4.78, 5) is 36.8. The average Bonchev–Trinajstić information content (AvgIpc) is 3.15. The van der Waals surface area contributed by atoms with Gasteiger partial charge in [0.05, 0.1) is 0 Å². The molecule has 0 aliphatic carbocycles. The number of nitrogens with one attached hydrogen (secondary N) is 1. The number of carbonyl (C=O) groups is 2. The van der Waals surface area contributed by atoms with Gasteiger partial charge in [0, 0.05) is 34.4 Å². The maximum atomic E-state index is 12.8. The molecule has 4 rings (SSSR count). The van der Waals surface area contributed by atoms with E-state index in [0.29, 0.717) is 23.2 Å². The van der Waals surface area contributed by atoms with E-state index in [-0.39, 0.29) is 18.8 Å². The minimum atomic E-state index is -1.07. The number of carboxylic acids is 1. The monoisotopic (exact) mass is 475 g/mol. The van der Waals surface area contributed by atoms with Crippen molar-refractivity contribution in [3.63, 3.8) is 0 Å². The molecule has 0 aliphatic rings. The van der Waals surface area contributed by atoms with Crippen molar-refractivity contribution < 1.29 is 23.5 Å². The van der Waals surface area contributed by atoms with E-state index in [1.54, 1.807) is 13.0 Å². The van der Waals surface area contributed by atoms with Crippen LogP contribution in [0.2, 0.25) is 0 Å². The Hall–Kier alpha value is -3.87. The number of hydrogen-bond acceptors (Lipinski definition) is 5. The maximum absolute atomic E-state index is 12.8. The number of aryl methyl sites for hydroxylation is 2. The first-order valence-corrected chi connectivity index (χ1v) is 11.8. The Balaban J connectivity index is 1.68. The summed E-state index contributed by atoms with van der Waals surface area (Å²) >= 11 is 0. The summed E-state index contributed by atoms with van der Waals surface area (Å²) in [6.45, 7) is 7.40. The third kappa shape index (κ3) is 4.71. The molecule has 2 atom stereocenters. The second kappa shape index (κ2) is 9.78. The minimum Gasteiger partial charge on any atom is -0.480 e. The summed E-state index contributed by atoms with van der Waals surface area (Å²) in [5, 5.41) is 13.7. The van der Waals surface area contributed by atoms with Crippen molar-refractivity contribution in [3.05, 3.63) is 69.8 Å². The largest absolute Gasteiger partial charge is 0.480 e. The van der Waals surface area contributed by atoms with Crippen LogP contribution in [0.1, 0.15) is 43.6 Å². The summed E-state index contributed by atoms with van der Waals surface area (Å²) < 4.78 is 11.6. The SMILES string of the molecule is CC[C@@H](C)[C@H](NC(=O)CCc1c(C)c2cc3c(-c4ccccc4)c(C)oc3cc2oc1=O)C(=O)O. The highest BCUT2D eigenvalue weighted by molar-refractivity contribution is 6.03. The van der Waals surface area contributed by atoms with Gasteiger partial charge in [-0.05, 0) is 43.4 Å². The van der Waals surface area contributed by atoms with E-state index in [4.69, 9.17) is 8.83 Å². The zero-order valence-electron chi connectivity index (χ0n) is 20.3. The molecule has 35 heavy (non-hydrogen) atoms. The van der Waals surface area contributed by atoms with Gasteiger partial charge in [0.2, 0.25) is 5.91 Å². The van der Waals surface area contributed by atoms with Crippen molar-refractivity contribution in [3.8, 4) is 11.1 Å². The van der Waals surface area contributed by atoms with Crippen LogP contribution in [0.15, 0.2) is 56.1 Å². The van der Waals surface area contributed by atoms with Crippen LogP contribution in [0.25, 0.3) is 33.1 Å². The van der Waals surface area contributed by atoms with Crippen molar-refractivity contribution in [2.24, 2.45) is 5.92 Å². The first-order valence-electron chi connectivity index (χ1n) is 11.8. The van der Waals surface area contributed by atoms with E-state index in [2.05, 4.69) is 5.32 Å². The molecule has 2 aromatic carbocycles. The fraction of sp³-hybridized carbons (Fsp3) is 0.321. The predicted molar refractivity (Wildman–Crippen MR) is 135 cm³/mol. The smallest absolute Gasteiger partial charge is 0.339 e. The van der Waals surface area contributed by atoms with Gasteiger partial charge in [-0.15, -0.1) is 0 Å². The number of hydrogen-bond donors (Lipinski definition) is 2. The van der Waals surface area contributed by atoms with Crippen LogP contribution in [-0.4, -0.2) is 23.0 Å². The average molecular weight is 476 g/mol. The highest BCUT2D eigenvalue weighted by Crippen LogP contribution is 2.37. The predicted octanol–water partition coefficient (Wildman–Crippen LogP) is 5.37. The van der Waals surface area contributed by atoms with E-state index in [1.165, 1.54) is 0 Å². The van der Waals surface area contributed by atoms with Crippen LogP contribution < -0.4 is 10.9 Å². The highest BCUT2D eigenvalue weighted by Gasteiger charge is 2.25. The Morgan fingerprint density at radius 3 is 2.37 bits per heavy atom. The van der Waals surface area contributed by atoms with Gasteiger partial charge in [-0.25, -0.2) is 9.59 Å². The van der Waals surface area contributed by atoms with Crippen molar-refractivity contribution in [1.82, 2.24) is 5.32 Å². The number of fused-ring (bicyclic) bond motifs is 2. The molecule has 0 unspecified atom stereocenters. The number of carboxylic acid groups (broad SMARTS) is 1. The van der Waals surface area contributed by atoms with Gasteiger partial charge in [-0.2, -0.15) is 0 Å². The molecule has 0 saturated carbocycles. The second-order valence-electron chi connectivity index (χ2n) is 9.01. The number of carbonyl (C=O) groups excluding carboxylic acids is 1. The van der Waals surface area contributed by atoms with E-state index in [9.17, 15) is 19.5 Å². The molecule has 2 N–H and O–H groups in total. The molecular formula is C28H29NO6. The lowest BCUT2D eigenvalue weighted by atomic mass is 9.97. The van der Waals surface area contributed by atoms with Crippen LogP contribution in [0, 0.1) is 19.8 Å². The third-order valence-corrected chi connectivity index (χ3v) is 6.73. The summed E-state index contributed by atoms with van der Waals surface area (Å²) in [5.41, 5.74) is 3.70. The number of aliphatic carboxylic acids is 1. The van der Waals surface area contributed by atoms with Gasteiger partial charge in [0.1, 0.15) is 23.0 Å². The lowest BCUT2D eigenvalue weighted by Crippen LogP contribution is -2.45. The van der Waals surface area contributed by atoms with Crippen molar-refractivity contribution >= 4 is 33.8 Å². The molecule has 7 nitrogen and oxygen atoms in total. The van der Waals surface area contributed by atoms with Crippen LogP contribution in [-0.2, 0) is 16.0 Å². The van der Waals surface area contributed by atoms with Crippen LogP contribution >= 0.6 is 0 Å². The molecule has 7 heteroatoms. The van der Waals surface area contributed by atoms with E-state index in [0.717, 1.165) is 33.2 Å². The Bertz CT molecular complexity index is 1460. The van der Waals surface area contributed by atoms with Gasteiger partial charge >= 0.3 is 11.6 Å². The molecular weight excluding hydrogens is 446 g/mol. The Morgan fingerprint density at radius 1 is 1.03 bits per heavy atom. The van der Waals surface area contributed by atoms with Gasteiger partial charge in [0.15, 0.2) is 0 Å². The number of benzene rings is 2. The van der Waals surface area contributed by atoms with Crippen LogP contribution in [0.5, 0.6) is 0 Å². The fourth-order valence-corrected chi connectivity index (χ4v) is 4.52. The third-order valence-electron chi connectivity index (χ3n) is 6.73. The number of rotatable bonds is 8. The van der Waals surface area contributed by atoms with E-state index >= 15 is 0 Å². The molecule has 1 amide bonds. The Labute approximate surface area is 202 Å². The second-order valence-corrected chi connectivity index (χ2v) is 9.01. The fourth-order valence-electron chi connectivity index (χ4n) is 4.52. The summed E-state index contributed by atoms with van der Waals surface area (Å²) in [7, 11) is 0. The van der Waals surface area contributed by atoms with Crippen LogP contribution in [0.3, 0.4) is 0 Å². The molecule has 0 radical (unpaired) electrons. The highest BCUT2D eigenvalue weighted by atomic mass is 16.4. The van der Waals surface area contributed by atoms with Gasteiger partial charge in [0.25, 0.3) is 0 Å². The Morgan fingerprint density at radius 2 is 1.71 bits per heavy atom. The molecule has 0 bridgehead atoms. The molecule has 2 heterocycles. The van der Waals surface area contributed by atoms with Crippen molar-refractivity contribution in [1.29, 1.82) is 0 Å². The Kier molecular flexibility index (Phi) is 6.78. The molecule has 2 aromatic heterocycles. The first-order chi connectivity index (χ1) is 16.7. The topological polar surface area (TPSA) is 110 Å². The first kappa shape index (κ1) is 24.3. The molecule has 0 fully saturated rings. The molecule has 0 aliphatic heterocycles. The summed E-state index contributed by atoms with van der Waals surface area (Å²) in [6, 6.07) is 12.7. The quantitative estimate of drug-likeness (QED) is 0.332. The number of amides is 1. The zero-order chi connectivity index (χ0) is 25.3. The van der Waals surface area contributed by atoms with Crippen molar-refractivity contribution in [2.45, 2.75) is 53.0 Å². The van der Waals surface area contributed by atoms with Gasteiger partial charge in [-0.3, -0.25) is 4.79 Å². The van der Waals surface area contributed by atoms with E-state index in [1.807, 2.05) is 57.2 Å². The van der Waals surface area contributed by atoms with Crippen molar-refractivity contribution in [2.75, 3.05) is 0 Å². The zero-order valence-corrected chi connectivity index (χ0v) is 20.3. The van der Waals surface area contributed by atoms with Gasteiger partial charge in [-0.1, -0.05) is 50.6 Å². The van der Waals surface area contributed by atoms with Gasteiger partial charge < -0.3 is 19.3 Å². The standard InChI is InChI=1S/C28H29NO6/c1-5-15(2)26(27(31)32)29-24(30)12-11-19-16(3)20-13-21-23(14-22(20)35-28(19)33)34-17(4)25(21)18-9-7-6-8-10-18/h6-10,13-15,26H,5,11-12H2,1-4H3,(H,29,30)(H,31,32)/t15-,26+/m1/s1. The molecule has 0 spiro atoms. The summed E-state index contributed by atoms with van der Waals surface area (Å²) in [6.07, 6.45) is 0.758. The molecule has 4 aromatic rings. The number of furan rings is 1. The van der Waals surface area contributed by atoms with Crippen LogP contribution in [0.4, 0.5) is 0 Å².